The summed E-state index contributed by atoms with van der Waals surface area (Å²) in [6.45, 7) is 1.15. The van der Waals surface area contributed by atoms with Crippen LogP contribution in [0.15, 0.2) is 36.5 Å². The normalized spacial score (nSPS) is 20.9. The van der Waals surface area contributed by atoms with Crippen molar-refractivity contribution in [2.45, 2.75) is 18.9 Å². The topological polar surface area (TPSA) is 24.9 Å². The molecule has 1 N–H and O–H groups in total. The SMILES string of the molecule is c1cnc2ccc([C@@H]3CCCN3)cc2c1. The highest BCUT2D eigenvalue weighted by molar-refractivity contribution is 5.79. The molecule has 0 bridgehead atoms. The van der Waals surface area contributed by atoms with Gasteiger partial charge >= 0.3 is 0 Å². The minimum absolute atomic E-state index is 0.551. The molecule has 0 aliphatic carbocycles. The molecule has 1 aromatic heterocycles. The van der Waals surface area contributed by atoms with E-state index in [2.05, 4.69) is 34.6 Å². The van der Waals surface area contributed by atoms with E-state index in [0.29, 0.717) is 6.04 Å². The molecule has 2 heteroatoms. The van der Waals surface area contributed by atoms with Crippen LogP contribution in [0, 0.1) is 0 Å². The van der Waals surface area contributed by atoms with Gasteiger partial charge < -0.3 is 5.32 Å². The highest BCUT2D eigenvalue weighted by Crippen LogP contribution is 2.25. The van der Waals surface area contributed by atoms with Crippen molar-refractivity contribution in [3.8, 4) is 0 Å². The first-order valence-electron chi connectivity index (χ1n) is 5.51. The molecule has 2 heterocycles. The number of aromatic nitrogens is 1. The standard InChI is InChI=1S/C13H14N2/c1-3-10-9-11(12-4-2-8-14-12)5-6-13(10)15-7-1/h1,3,5-7,9,12,14H,2,4,8H2/t12-/m0/s1. The zero-order valence-electron chi connectivity index (χ0n) is 8.61. The van der Waals surface area contributed by atoms with Crippen molar-refractivity contribution in [1.82, 2.24) is 10.3 Å². The van der Waals surface area contributed by atoms with Gasteiger partial charge in [0.05, 0.1) is 5.52 Å². The van der Waals surface area contributed by atoms with Crippen LogP contribution < -0.4 is 5.32 Å². The van der Waals surface area contributed by atoms with E-state index in [1.807, 2.05) is 12.3 Å². The molecule has 1 aliphatic heterocycles. The lowest BCUT2D eigenvalue weighted by atomic mass is 10.0. The summed E-state index contributed by atoms with van der Waals surface area (Å²) in [5.41, 5.74) is 2.48. The van der Waals surface area contributed by atoms with Gasteiger partial charge in [-0.25, -0.2) is 0 Å². The average Bonchev–Trinajstić information content (AvgIpc) is 2.82. The van der Waals surface area contributed by atoms with Crippen LogP contribution in [-0.4, -0.2) is 11.5 Å². The van der Waals surface area contributed by atoms with Crippen LogP contribution in [-0.2, 0) is 0 Å². The molecule has 76 valence electrons. The molecule has 1 saturated heterocycles. The second kappa shape index (κ2) is 3.63. The van der Waals surface area contributed by atoms with Crippen molar-refractivity contribution in [2.75, 3.05) is 6.54 Å². The minimum Gasteiger partial charge on any atom is -0.310 e. The number of hydrogen-bond donors (Lipinski definition) is 1. The van der Waals surface area contributed by atoms with Crippen LogP contribution in [0.2, 0.25) is 0 Å². The molecular weight excluding hydrogens is 184 g/mol. The first-order chi connectivity index (χ1) is 7.43. The highest BCUT2D eigenvalue weighted by Gasteiger charge is 2.15. The summed E-state index contributed by atoms with van der Waals surface area (Å²) in [7, 11) is 0. The third-order valence-electron chi connectivity index (χ3n) is 3.09. The second-order valence-corrected chi connectivity index (χ2v) is 4.10. The Labute approximate surface area is 89.3 Å². The van der Waals surface area contributed by atoms with E-state index in [-0.39, 0.29) is 0 Å². The van der Waals surface area contributed by atoms with Crippen LogP contribution in [0.4, 0.5) is 0 Å². The Hall–Kier alpha value is -1.41. The predicted octanol–water partition coefficient (Wildman–Crippen LogP) is 2.66. The van der Waals surface area contributed by atoms with Gasteiger partial charge in [-0.05, 0) is 43.1 Å². The number of rotatable bonds is 1. The van der Waals surface area contributed by atoms with E-state index in [1.54, 1.807) is 0 Å². The van der Waals surface area contributed by atoms with Crippen LogP contribution in [0.3, 0.4) is 0 Å². The van der Waals surface area contributed by atoms with Crippen molar-refractivity contribution >= 4 is 10.9 Å². The Morgan fingerprint density at radius 2 is 2.27 bits per heavy atom. The lowest BCUT2D eigenvalue weighted by molar-refractivity contribution is 0.648. The molecule has 1 atom stereocenters. The van der Waals surface area contributed by atoms with E-state index in [9.17, 15) is 0 Å². The van der Waals surface area contributed by atoms with Crippen molar-refractivity contribution < 1.29 is 0 Å². The van der Waals surface area contributed by atoms with Crippen molar-refractivity contribution in [2.24, 2.45) is 0 Å². The van der Waals surface area contributed by atoms with Gasteiger partial charge in [0, 0.05) is 17.6 Å². The van der Waals surface area contributed by atoms with Crippen molar-refractivity contribution in [3.63, 3.8) is 0 Å². The fourth-order valence-electron chi connectivity index (χ4n) is 2.28. The van der Waals surface area contributed by atoms with Gasteiger partial charge in [0.25, 0.3) is 0 Å². The van der Waals surface area contributed by atoms with Gasteiger partial charge in [-0.3, -0.25) is 4.98 Å². The predicted molar refractivity (Wildman–Crippen MR) is 61.7 cm³/mol. The summed E-state index contributed by atoms with van der Waals surface area (Å²) >= 11 is 0. The zero-order chi connectivity index (χ0) is 10.1. The van der Waals surface area contributed by atoms with Crippen LogP contribution in [0.25, 0.3) is 10.9 Å². The summed E-state index contributed by atoms with van der Waals surface area (Å²) in [5, 5.41) is 4.76. The Kier molecular flexibility index (Phi) is 2.14. The molecule has 1 aromatic carbocycles. The van der Waals surface area contributed by atoms with Crippen LogP contribution in [0.1, 0.15) is 24.4 Å². The number of nitrogens with one attached hydrogen (secondary N) is 1. The lowest BCUT2D eigenvalue weighted by Crippen LogP contribution is -2.12. The summed E-state index contributed by atoms with van der Waals surface area (Å²) < 4.78 is 0. The Morgan fingerprint density at radius 1 is 1.27 bits per heavy atom. The molecule has 0 saturated carbocycles. The monoisotopic (exact) mass is 198 g/mol. The molecule has 0 spiro atoms. The zero-order valence-corrected chi connectivity index (χ0v) is 8.61. The van der Waals surface area contributed by atoms with E-state index in [1.165, 1.54) is 23.8 Å². The highest BCUT2D eigenvalue weighted by atomic mass is 14.9. The summed E-state index contributed by atoms with van der Waals surface area (Å²) in [6, 6.07) is 11.2. The fraction of sp³-hybridized carbons (Fsp3) is 0.308. The van der Waals surface area contributed by atoms with Crippen LogP contribution in [0.5, 0.6) is 0 Å². The van der Waals surface area contributed by atoms with Gasteiger partial charge in [-0.2, -0.15) is 0 Å². The second-order valence-electron chi connectivity index (χ2n) is 4.10. The van der Waals surface area contributed by atoms with Gasteiger partial charge in [0.15, 0.2) is 0 Å². The smallest absolute Gasteiger partial charge is 0.0702 e. The summed E-state index contributed by atoms with van der Waals surface area (Å²) in [6.07, 6.45) is 4.39. The first-order valence-corrected chi connectivity index (χ1v) is 5.51. The third kappa shape index (κ3) is 1.61. The molecule has 0 radical (unpaired) electrons. The van der Waals surface area contributed by atoms with Gasteiger partial charge in [0.1, 0.15) is 0 Å². The third-order valence-corrected chi connectivity index (χ3v) is 3.09. The number of nitrogens with zero attached hydrogens (tertiary/aromatic N) is 1. The number of benzene rings is 1. The lowest BCUT2D eigenvalue weighted by Gasteiger charge is -2.10. The molecule has 2 nitrogen and oxygen atoms in total. The Balaban J connectivity index is 2.05. The molecule has 1 aliphatic rings. The average molecular weight is 198 g/mol. The molecule has 3 rings (SSSR count). The molecular formula is C13H14N2. The van der Waals surface area contributed by atoms with Crippen molar-refractivity contribution in [3.05, 3.63) is 42.1 Å². The van der Waals surface area contributed by atoms with E-state index < -0.39 is 0 Å². The Morgan fingerprint density at radius 3 is 3.13 bits per heavy atom. The molecule has 2 aromatic rings. The molecule has 1 fully saturated rings. The number of fused-ring (bicyclic) bond motifs is 1. The fourth-order valence-corrected chi connectivity index (χ4v) is 2.28. The molecule has 0 amide bonds. The summed E-state index contributed by atoms with van der Waals surface area (Å²) in [5.74, 6) is 0. The number of hydrogen-bond acceptors (Lipinski definition) is 2. The summed E-state index contributed by atoms with van der Waals surface area (Å²) in [4.78, 5) is 4.33. The quantitative estimate of drug-likeness (QED) is 0.762. The maximum absolute atomic E-state index is 4.33. The van der Waals surface area contributed by atoms with Gasteiger partial charge in [0.2, 0.25) is 0 Å². The largest absolute Gasteiger partial charge is 0.310 e. The maximum Gasteiger partial charge on any atom is 0.0702 e. The van der Waals surface area contributed by atoms with Crippen LogP contribution >= 0.6 is 0 Å². The van der Waals surface area contributed by atoms with Gasteiger partial charge in [-0.15, -0.1) is 0 Å². The Bertz CT molecular complexity index is 473. The minimum atomic E-state index is 0.551. The van der Waals surface area contributed by atoms with Gasteiger partial charge in [-0.1, -0.05) is 12.1 Å². The maximum atomic E-state index is 4.33. The molecule has 0 unspecified atom stereocenters. The van der Waals surface area contributed by atoms with E-state index in [4.69, 9.17) is 0 Å². The first kappa shape index (κ1) is 8.86. The molecule has 15 heavy (non-hydrogen) atoms. The van der Waals surface area contributed by atoms with E-state index >= 15 is 0 Å². The number of pyridine rings is 1. The van der Waals surface area contributed by atoms with Crippen molar-refractivity contribution in [1.29, 1.82) is 0 Å². The van der Waals surface area contributed by atoms with E-state index in [0.717, 1.165) is 12.1 Å².